The number of rotatable bonds is 8. The van der Waals surface area contributed by atoms with Crippen molar-refractivity contribution in [3.8, 4) is 11.5 Å². The highest BCUT2D eigenvalue weighted by atomic mass is 28.3. The maximum Gasteiger partial charge on any atom is 0.129 e. The van der Waals surface area contributed by atoms with Gasteiger partial charge in [0.05, 0.1) is 0 Å². The van der Waals surface area contributed by atoms with Crippen LogP contribution < -0.4 is 0 Å². The number of unbranched alkanes of at least 4 members (excludes halogenated alkanes) is 4. The molecule has 16 heavy (non-hydrogen) atoms. The van der Waals surface area contributed by atoms with Crippen molar-refractivity contribution in [2.45, 2.75) is 65.1 Å². The van der Waals surface area contributed by atoms with Gasteiger partial charge in [-0.3, -0.25) is 0 Å². The zero-order chi connectivity index (χ0) is 12.3. The second-order valence-corrected chi connectivity index (χ2v) is 10.1. The van der Waals surface area contributed by atoms with E-state index in [0.717, 1.165) is 19.6 Å². The van der Waals surface area contributed by atoms with E-state index in [1.807, 2.05) is 0 Å². The second kappa shape index (κ2) is 9.93. The summed E-state index contributed by atoms with van der Waals surface area (Å²) in [6.45, 7) is 10.9. The Labute approximate surface area is 103 Å². The summed E-state index contributed by atoms with van der Waals surface area (Å²) >= 11 is 0. The van der Waals surface area contributed by atoms with Gasteiger partial charge in [-0.25, -0.2) is 0 Å². The Kier molecular flexibility index (Phi) is 9.76. The Morgan fingerprint density at radius 1 is 0.938 bits per heavy atom. The van der Waals surface area contributed by atoms with Crippen LogP contribution in [0.2, 0.25) is 19.6 Å². The van der Waals surface area contributed by atoms with Gasteiger partial charge in [0.2, 0.25) is 0 Å². The Morgan fingerprint density at radius 2 is 1.62 bits per heavy atom. The fraction of sp³-hybridized carbons (Fsp3) is 0.857. The highest BCUT2D eigenvalue weighted by Crippen LogP contribution is 2.01. The van der Waals surface area contributed by atoms with Crippen LogP contribution in [0.15, 0.2) is 0 Å². The summed E-state index contributed by atoms with van der Waals surface area (Å²) in [5.74, 6) is 3.31. The molecule has 0 saturated heterocycles. The van der Waals surface area contributed by atoms with Crippen LogP contribution in [0.3, 0.4) is 0 Å². The van der Waals surface area contributed by atoms with Crippen LogP contribution in [0.1, 0.15) is 45.4 Å². The van der Waals surface area contributed by atoms with Crippen LogP contribution in [-0.4, -0.2) is 21.3 Å². The van der Waals surface area contributed by atoms with Gasteiger partial charge < -0.3 is 4.74 Å². The minimum Gasteiger partial charge on any atom is -0.381 e. The Hall–Kier alpha value is -0.263. The first kappa shape index (κ1) is 15.7. The Bertz CT molecular complexity index is 207. The van der Waals surface area contributed by atoms with E-state index < -0.39 is 8.07 Å². The molecule has 0 aliphatic carbocycles. The quantitative estimate of drug-likeness (QED) is 0.350. The Morgan fingerprint density at radius 3 is 2.25 bits per heavy atom. The lowest BCUT2D eigenvalue weighted by atomic mass is 10.2. The first-order valence-electron chi connectivity index (χ1n) is 6.64. The molecule has 94 valence electrons. The van der Waals surface area contributed by atoms with Gasteiger partial charge in [0, 0.05) is 19.6 Å². The fourth-order valence-corrected chi connectivity index (χ4v) is 1.93. The van der Waals surface area contributed by atoms with Crippen LogP contribution in [0.4, 0.5) is 0 Å². The molecule has 2 heteroatoms. The van der Waals surface area contributed by atoms with Crippen molar-refractivity contribution >= 4 is 8.07 Å². The van der Waals surface area contributed by atoms with E-state index in [-0.39, 0.29) is 0 Å². The summed E-state index contributed by atoms with van der Waals surface area (Å²) in [4.78, 5) is 0. The summed E-state index contributed by atoms with van der Waals surface area (Å²) in [5, 5.41) is 0. The second-order valence-electron chi connectivity index (χ2n) is 5.33. The fourth-order valence-electron chi connectivity index (χ4n) is 1.27. The molecule has 0 amide bonds. The van der Waals surface area contributed by atoms with E-state index in [1.54, 1.807) is 0 Å². The maximum absolute atomic E-state index is 5.51. The van der Waals surface area contributed by atoms with Crippen molar-refractivity contribution in [1.82, 2.24) is 0 Å². The predicted molar refractivity (Wildman–Crippen MR) is 75.3 cm³/mol. The topological polar surface area (TPSA) is 9.23 Å². The monoisotopic (exact) mass is 240 g/mol. The molecular weight excluding hydrogens is 212 g/mol. The van der Waals surface area contributed by atoms with Gasteiger partial charge in [-0.05, 0) is 19.3 Å². The first-order valence-corrected chi connectivity index (χ1v) is 10.1. The van der Waals surface area contributed by atoms with Gasteiger partial charge in [-0.2, -0.15) is 0 Å². The van der Waals surface area contributed by atoms with Crippen LogP contribution >= 0.6 is 0 Å². The summed E-state index contributed by atoms with van der Waals surface area (Å²) in [6, 6.07) is 0. The van der Waals surface area contributed by atoms with Crippen LogP contribution in [0, 0.1) is 11.5 Å². The van der Waals surface area contributed by atoms with E-state index in [9.17, 15) is 0 Å². The van der Waals surface area contributed by atoms with Crippen molar-refractivity contribution in [3.05, 3.63) is 0 Å². The highest BCUT2D eigenvalue weighted by Gasteiger charge is 2.06. The number of hydrogen-bond donors (Lipinski definition) is 0. The average molecular weight is 240 g/mol. The molecule has 0 radical (unpaired) electrons. The molecule has 0 saturated carbocycles. The first-order chi connectivity index (χ1) is 7.56. The van der Waals surface area contributed by atoms with Crippen molar-refractivity contribution in [2.75, 3.05) is 13.2 Å². The van der Waals surface area contributed by atoms with Crippen LogP contribution in [0.25, 0.3) is 0 Å². The standard InChI is InChI=1S/C14H28OSi/c1-5-6-12-15-13-10-8-7-9-11-14-16(2,3)4/h5-10,12-13H2,1-4H3. The molecule has 0 bridgehead atoms. The average Bonchev–Trinajstić information content (AvgIpc) is 2.19. The molecule has 0 fully saturated rings. The molecule has 0 aromatic carbocycles. The molecule has 0 N–H and O–H groups in total. The SMILES string of the molecule is CCCCOCCCCCC#C[Si](C)(C)C. The molecule has 0 rings (SSSR count). The number of hydrogen-bond acceptors (Lipinski definition) is 1. The molecule has 0 aromatic heterocycles. The predicted octanol–water partition coefficient (Wildman–Crippen LogP) is 4.24. The highest BCUT2D eigenvalue weighted by molar-refractivity contribution is 6.83. The summed E-state index contributed by atoms with van der Waals surface area (Å²) in [6.07, 6.45) is 7.17. The lowest BCUT2D eigenvalue weighted by molar-refractivity contribution is 0.127. The third kappa shape index (κ3) is 13.7. The van der Waals surface area contributed by atoms with E-state index in [1.165, 1.54) is 32.1 Å². The third-order valence-corrected chi connectivity index (χ3v) is 3.12. The largest absolute Gasteiger partial charge is 0.381 e. The molecule has 0 spiro atoms. The molecule has 0 atom stereocenters. The lowest BCUT2D eigenvalue weighted by Crippen LogP contribution is -2.16. The minimum absolute atomic E-state index is 0.932. The zero-order valence-corrected chi connectivity index (χ0v) is 12.6. The minimum atomic E-state index is -1.13. The molecule has 1 nitrogen and oxygen atoms in total. The molecule has 0 aliphatic rings. The van der Waals surface area contributed by atoms with E-state index >= 15 is 0 Å². The van der Waals surface area contributed by atoms with Crippen LogP contribution in [-0.2, 0) is 4.74 Å². The van der Waals surface area contributed by atoms with Gasteiger partial charge in [-0.1, -0.05) is 39.4 Å². The Balaban J connectivity index is 3.18. The van der Waals surface area contributed by atoms with Crippen molar-refractivity contribution in [3.63, 3.8) is 0 Å². The molecule has 0 unspecified atom stereocenters. The molecule has 0 aromatic rings. The lowest BCUT2D eigenvalue weighted by Gasteiger charge is -2.03. The number of ether oxygens (including phenoxy) is 1. The van der Waals surface area contributed by atoms with Gasteiger partial charge in [0.1, 0.15) is 8.07 Å². The molecule has 0 aliphatic heterocycles. The maximum atomic E-state index is 5.51. The van der Waals surface area contributed by atoms with Crippen LogP contribution in [0.5, 0.6) is 0 Å². The summed E-state index contributed by atoms with van der Waals surface area (Å²) < 4.78 is 5.51. The molecular formula is C14H28OSi. The summed E-state index contributed by atoms with van der Waals surface area (Å²) in [5.41, 5.74) is 3.40. The third-order valence-electron chi connectivity index (χ3n) is 2.20. The zero-order valence-electron chi connectivity index (χ0n) is 11.6. The van der Waals surface area contributed by atoms with Crippen molar-refractivity contribution in [1.29, 1.82) is 0 Å². The van der Waals surface area contributed by atoms with Gasteiger partial charge >= 0.3 is 0 Å². The summed E-state index contributed by atoms with van der Waals surface area (Å²) in [7, 11) is -1.13. The normalized spacial score (nSPS) is 11.0. The smallest absolute Gasteiger partial charge is 0.129 e. The van der Waals surface area contributed by atoms with Crippen molar-refractivity contribution in [2.24, 2.45) is 0 Å². The van der Waals surface area contributed by atoms with Gasteiger partial charge in [-0.15, -0.1) is 11.5 Å². The van der Waals surface area contributed by atoms with Crippen molar-refractivity contribution < 1.29 is 4.74 Å². The van der Waals surface area contributed by atoms with Gasteiger partial charge in [0.15, 0.2) is 0 Å². The van der Waals surface area contributed by atoms with Gasteiger partial charge in [0.25, 0.3) is 0 Å². The van der Waals surface area contributed by atoms with E-state index in [2.05, 4.69) is 38.0 Å². The van der Waals surface area contributed by atoms with E-state index in [4.69, 9.17) is 4.74 Å². The molecule has 0 heterocycles. The van der Waals surface area contributed by atoms with E-state index in [0.29, 0.717) is 0 Å².